The van der Waals surface area contributed by atoms with Crippen LogP contribution in [0, 0.1) is 0 Å². The Kier molecular flexibility index (Phi) is 3.28. The molecule has 0 amide bonds. The fourth-order valence-electron chi connectivity index (χ4n) is 1.97. The molecule has 0 aliphatic heterocycles. The first kappa shape index (κ1) is 11.6. The number of hydrogen-bond acceptors (Lipinski definition) is 2. The molecule has 1 heterocycles. The molecule has 2 rings (SSSR count). The van der Waals surface area contributed by atoms with E-state index < -0.39 is 0 Å². The molecular formula is C12H15BrN2O. The van der Waals surface area contributed by atoms with Crippen LogP contribution in [0.4, 0.5) is 0 Å². The summed E-state index contributed by atoms with van der Waals surface area (Å²) >= 11 is 3.40. The van der Waals surface area contributed by atoms with E-state index in [1.54, 1.807) is 10.9 Å². The third kappa shape index (κ3) is 1.98. The Morgan fingerprint density at radius 3 is 2.88 bits per heavy atom. The first-order chi connectivity index (χ1) is 7.61. The topological polar surface area (TPSA) is 34.9 Å². The number of rotatable bonds is 3. The second kappa shape index (κ2) is 4.53. The maximum absolute atomic E-state index is 12.3. The van der Waals surface area contributed by atoms with Crippen molar-refractivity contribution >= 4 is 21.7 Å². The summed E-state index contributed by atoms with van der Waals surface area (Å²) in [6.07, 6.45) is 6.76. The van der Waals surface area contributed by atoms with Crippen molar-refractivity contribution in [2.24, 2.45) is 0 Å². The summed E-state index contributed by atoms with van der Waals surface area (Å²) < 4.78 is 2.57. The van der Waals surface area contributed by atoms with Gasteiger partial charge in [0, 0.05) is 6.04 Å². The third-order valence-corrected chi connectivity index (χ3v) is 3.37. The standard InChI is InChI=1S/C12H15BrN2O/c1-8(2)15-11(10(13)7-14-15)12(16)9-5-3-4-6-9/h5,7-8H,3-4,6H2,1-2H3. The maximum atomic E-state index is 12.3. The molecule has 0 N–H and O–H groups in total. The first-order valence-electron chi connectivity index (χ1n) is 5.58. The van der Waals surface area contributed by atoms with Gasteiger partial charge in [0.05, 0.1) is 10.7 Å². The zero-order valence-corrected chi connectivity index (χ0v) is 11.1. The van der Waals surface area contributed by atoms with Crippen molar-refractivity contribution in [1.29, 1.82) is 0 Å². The highest BCUT2D eigenvalue weighted by Gasteiger charge is 2.23. The van der Waals surface area contributed by atoms with Crippen molar-refractivity contribution in [3.63, 3.8) is 0 Å². The minimum Gasteiger partial charge on any atom is -0.287 e. The number of halogens is 1. The molecule has 4 heteroatoms. The predicted molar refractivity (Wildman–Crippen MR) is 66.6 cm³/mol. The largest absolute Gasteiger partial charge is 0.287 e. The van der Waals surface area contributed by atoms with Crippen LogP contribution < -0.4 is 0 Å². The summed E-state index contributed by atoms with van der Waals surface area (Å²) in [7, 11) is 0. The number of nitrogens with zero attached hydrogens (tertiary/aromatic N) is 2. The zero-order chi connectivity index (χ0) is 11.7. The Labute approximate surface area is 104 Å². The molecule has 0 unspecified atom stereocenters. The van der Waals surface area contributed by atoms with E-state index in [4.69, 9.17) is 0 Å². The van der Waals surface area contributed by atoms with E-state index in [0.717, 1.165) is 29.3 Å². The van der Waals surface area contributed by atoms with Crippen molar-refractivity contribution in [2.45, 2.75) is 39.2 Å². The second-order valence-corrected chi connectivity index (χ2v) is 5.18. The first-order valence-corrected chi connectivity index (χ1v) is 6.37. The highest BCUT2D eigenvalue weighted by Crippen LogP contribution is 2.27. The Morgan fingerprint density at radius 1 is 1.56 bits per heavy atom. The van der Waals surface area contributed by atoms with Crippen LogP contribution >= 0.6 is 15.9 Å². The van der Waals surface area contributed by atoms with E-state index in [-0.39, 0.29) is 11.8 Å². The van der Waals surface area contributed by atoms with Crippen LogP contribution in [0.1, 0.15) is 49.6 Å². The molecule has 16 heavy (non-hydrogen) atoms. The Hall–Kier alpha value is -0.900. The molecule has 0 bridgehead atoms. The van der Waals surface area contributed by atoms with Gasteiger partial charge in [-0.2, -0.15) is 5.10 Å². The second-order valence-electron chi connectivity index (χ2n) is 4.33. The molecule has 0 saturated heterocycles. The number of carbonyl (C=O) groups is 1. The van der Waals surface area contributed by atoms with Crippen LogP contribution in [0.3, 0.4) is 0 Å². The quantitative estimate of drug-likeness (QED) is 0.795. The summed E-state index contributed by atoms with van der Waals surface area (Å²) in [5.41, 5.74) is 1.62. The lowest BCUT2D eigenvalue weighted by Crippen LogP contribution is -2.14. The molecule has 1 aliphatic carbocycles. The van der Waals surface area contributed by atoms with Gasteiger partial charge < -0.3 is 0 Å². The molecule has 0 radical (unpaired) electrons. The van der Waals surface area contributed by atoms with Crippen LogP contribution in [0.15, 0.2) is 22.3 Å². The molecule has 0 atom stereocenters. The molecule has 0 fully saturated rings. The van der Waals surface area contributed by atoms with Crippen LogP contribution in [-0.4, -0.2) is 15.6 Å². The number of aromatic nitrogens is 2. The van der Waals surface area contributed by atoms with Crippen molar-refractivity contribution in [3.05, 3.63) is 28.0 Å². The Morgan fingerprint density at radius 2 is 2.31 bits per heavy atom. The van der Waals surface area contributed by atoms with Gasteiger partial charge in [0.2, 0.25) is 5.78 Å². The average Bonchev–Trinajstić information content (AvgIpc) is 2.84. The van der Waals surface area contributed by atoms with Crippen molar-refractivity contribution in [3.8, 4) is 0 Å². The van der Waals surface area contributed by atoms with Gasteiger partial charge in [0.15, 0.2) is 0 Å². The summed E-state index contributed by atoms with van der Waals surface area (Å²) in [5, 5.41) is 4.23. The molecule has 0 spiro atoms. The molecule has 0 aromatic carbocycles. The fourth-order valence-corrected chi connectivity index (χ4v) is 2.43. The molecule has 86 valence electrons. The Balaban J connectivity index is 2.39. The molecule has 1 aliphatic rings. The lowest BCUT2D eigenvalue weighted by Gasteiger charge is -2.10. The van der Waals surface area contributed by atoms with Gasteiger partial charge in [-0.05, 0) is 54.6 Å². The lowest BCUT2D eigenvalue weighted by molar-refractivity contribution is 0.101. The minimum atomic E-state index is 0.121. The van der Waals surface area contributed by atoms with Gasteiger partial charge in [0.25, 0.3) is 0 Å². The van der Waals surface area contributed by atoms with Crippen LogP contribution in [0.25, 0.3) is 0 Å². The monoisotopic (exact) mass is 282 g/mol. The normalized spacial score (nSPS) is 15.6. The van der Waals surface area contributed by atoms with Crippen molar-refractivity contribution in [1.82, 2.24) is 9.78 Å². The number of carbonyl (C=O) groups excluding carboxylic acids is 1. The van der Waals surface area contributed by atoms with E-state index in [0.29, 0.717) is 5.69 Å². The van der Waals surface area contributed by atoms with Gasteiger partial charge in [-0.25, -0.2) is 0 Å². The molecule has 1 aromatic rings. The van der Waals surface area contributed by atoms with Crippen molar-refractivity contribution in [2.75, 3.05) is 0 Å². The van der Waals surface area contributed by atoms with Gasteiger partial charge in [-0.3, -0.25) is 9.48 Å². The lowest BCUT2D eigenvalue weighted by atomic mass is 10.1. The number of allylic oxidation sites excluding steroid dienone is 2. The Bertz CT molecular complexity index is 446. The van der Waals surface area contributed by atoms with Crippen LogP contribution in [-0.2, 0) is 0 Å². The maximum Gasteiger partial charge on any atom is 0.207 e. The SMILES string of the molecule is CC(C)n1ncc(Br)c1C(=O)C1=CCCC1. The predicted octanol–water partition coefficient (Wildman–Crippen LogP) is 3.52. The highest BCUT2D eigenvalue weighted by molar-refractivity contribution is 9.10. The van der Waals surface area contributed by atoms with E-state index >= 15 is 0 Å². The number of hydrogen-bond donors (Lipinski definition) is 0. The van der Waals surface area contributed by atoms with E-state index in [9.17, 15) is 4.79 Å². The average molecular weight is 283 g/mol. The third-order valence-electron chi connectivity index (χ3n) is 2.79. The molecule has 3 nitrogen and oxygen atoms in total. The van der Waals surface area contributed by atoms with Gasteiger partial charge in [0.1, 0.15) is 5.69 Å². The van der Waals surface area contributed by atoms with E-state index in [1.165, 1.54) is 0 Å². The molecular weight excluding hydrogens is 268 g/mol. The summed E-state index contributed by atoms with van der Waals surface area (Å²) in [5.74, 6) is 0.121. The number of ketones is 1. The summed E-state index contributed by atoms with van der Waals surface area (Å²) in [6.45, 7) is 4.05. The van der Waals surface area contributed by atoms with Crippen LogP contribution in [0.5, 0.6) is 0 Å². The van der Waals surface area contributed by atoms with Crippen LogP contribution in [0.2, 0.25) is 0 Å². The molecule has 0 saturated carbocycles. The minimum absolute atomic E-state index is 0.121. The number of Topliss-reactive ketones (excluding diaryl/α,β-unsaturated/α-hetero) is 1. The zero-order valence-electron chi connectivity index (χ0n) is 9.53. The smallest absolute Gasteiger partial charge is 0.207 e. The van der Waals surface area contributed by atoms with Gasteiger partial charge in [-0.1, -0.05) is 6.08 Å². The van der Waals surface area contributed by atoms with Crippen molar-refractivity contribution < 1.29 is 4.79 Å². The summed E-state index contributed by atoms with van der Waals surface area (Å²) in [4.78, 5) is 12.3. The van der Waals surface area contributed by atoms with E-state index in [2.05, 4.69) is 21.0 Å². The van der Waals surface area contributed by atoms with Gasteiger partial charge >= 0.3 is 0 Å². The van der Waals surface area contributed by atoms with E-state index in [1.807, 2.05) is 19.9 Å². The summed E-state index contributed by atoms with van der Waals surface area (Å²) in [6, 6.07) is 0.201. The molecule has 1 aromatic heterocycles. The van der Waals surface area contributed by atoms with Gasteiger partial charge in [-0.15, -0.1) is 0 Å². The highest BCUT2D eigenvalue weighted by atomic mass is 79.9. The fraction of sp³-hybridized carbons (Fsp3) is 0.500.